The standard InChI is InChI=1S/C13H12N4O2S3/c14-12-15-10(6-20-12)11-7-21-13(16-11)17-22(18,19)8-9-4-2-1-3-5-9/h1-7H,8H2,(H2,14,15)(H,16,17). The molecule has 0 fully saturated rings. The second kappa shape index (κ2) is 6.03. The van der Waals surface area contributed by atoms with Gasteiger partial charge in [0.25, 0.3) is 0 Å². The van der Waals surface area contributed by atoms with Crippen molar-refractivity contribution in [3.63, 3.8) is 0 Å². The summed E-state index contributed by atoms with van der Waals surface area (Å²) in [5.41, 5.74) is 7.56. The van der Waals surface area contributed by atoms with Crippen molar-refractivity contribution in [2.45, 2.75) is 5.75 Å². The predicted molar refractivity (Wildman–Crippen MR) is 90.3 cm³/mol. The molecule has 0 amide bonds. The zero-order chi connectivity index (χ0) is 15.6. The van der Waals surface area contributed by atoms with Crippen molar-refractivity contribution in [2.75, 3.05) is 10.5 Å². The highest BCUT2D eigenvalue weighted by atomic mass is 32.2. The molecule has 2 aromatic heterocycles. The molecule has 0 aliphatic heterocycles. The van der Waals surface area contributed by atoms with Gasteiger partial charge in [-0.05, 0) is 5.56 Å². The molecule has 0 unspecified atom stereocenters. The van der Waals surface area contributed by atoms with Crippen molar-refractivity contribution in [1.29, 1.82) is 0 Å². The summed E-state index contributed by atoms with van der Waals surface area (Å²) >= 11 is 2.53. The number of nitrogens with one attached hydrogen (secondary N) is 1. The van der Waals surface area contributed by atoms with Crippen LogP contribution in [0.1, 0.15) is 5.56 Å². The molecule has 3 aromatic rings. The number of nitrogen functional groups attached to an aromatic ring is 1. The van der Waals surface area contributed by atoms with Gasteiger partial charge in [-0.1, -0.05) is 30.3 Å². The summed E-state index contributed by atoms with van der Waals surface area (Å²) in [6.45, 7) is 0. The summed E-state index contributed by atoms with van der Waals surface area (Å²) in [5, 5.41) is 4.30. The van der Waals surface area contributed by atoms with E-state index in [-0.39, 0.29) is 5.75 Å². The fourth-order valence-corrected chi connectivity index (χ4v) is 4.50. The number of anilines is 2. The van der Waals surface area contributed by atoms with Gasteiger partial charge in [0.1, 0.15) is 11.4 Å². The first kappa shape index (κ1) is 14.9. The number of hydrogen-bond acceptors (Lipinski definition) is 7. The second-order valence-electron chi connectivity index (χ2n) is 4.46. The number of hydrogen-bond donors (Lipinski definition) is 2. The average Bonchev–Trinajstić information content (AvgIpc) is 3.08. The Balaban J connectivity index is 1.74. The molecule has 114 valence electrons. The monoisotopic (exact) mass is 352 g/mol. The number of benzene rings is 1. The van der Waals surface area contributed by atoms with Crippen LogP contribution in [-0.2, 0) is 15.8 Å². The van der Waals surface area contributed by atoms with Gasteiger partial charge in [0.2, 0.25) is 10.0 Å². The minimum absolute atomic E-state index is 0.0909. The van der Waals surface area contributed by atoms with Gasteiger partial charge >= 0.3 is 0 Å². The van der Waals surface area contributed by atoms with E-state index in [1.807, 2.05) is 6.07 Å². The highest BCUT2D eigenvalue weighted by molar-refractivity contribution is 7.92. The van der Waals surface area contributed by atoms with E-state index in [9.17, 15) is 8.42 Å². The molecule has 0 saturated heterocycles. The van der Waals surface area contributed by atoms with E-state index in [1.54, 1.807) is 35.0 Å². The highest BCUT2D eigenvalue weighted by Crippen LogP contribution is 2.27. The summed E-state index contributed by atoms with van der Waals surface area (Å²) in [4.78, 5) is 8.36. The van der Waals surface area contributed by atoms with Gasteiger partial charge in [-0.15, -0.1) is 22.7 Å². The Morgan fingerprint density at radius 1 is 1.05 bits per heavy atom. The van der Waals surface area contributed by atoms with Crippen molar-refractivity contribution < 1.29 is 8.42 Å². The molecule has 6 nitrogen and oxygen atoms in total. The zero-order valence-electron chi connectivity index (χ0n) is 11.3. The third-order valence-corrected chi connectivity index (χ3v) is 5.51. The first-order chi connectivity index (χ1) is 10.5. The van der Waals surface area contributed by atoms with Crippen LogP contribution in [0.2, 0.25) is 0 Å². The molecule has 0 atom stereocenters. The average molecular weight is 352 g/mol. The minimum atomic E-state index is -3.50. The van der Waals surface area contributed by atoms with E-state index in [0.717, 1.165) is 5.56 Å². The Labute approximate surface area is 135 Å². The van der Waals surface area contributed by atoms with E-state index in [2.05, 4.69) is 14.7 Å². The van der Waals surface area contributed by atoms with Crippen LogP contribution in [0.3, 0.4) is 0 Å². The molecule has 9 heteroatoms. The maximum absolute atomic E-state index is 12.1. The smallest absolute Gasteiger partial charge is 0.238 e. The molecular formula is C13H12N4O2S3. The molecule has 0 saturated carbocycles. The maximum atomic E-state index is 12.1. The van der Waals surface area contributed by atoms with Crippen LogP contribution in [0.15, 0.2) is 41.1 Å². The van der Waals surface area contributed by atoms with Gasteiger partial charge < -0.3 is 5.73 Å². The Morgan fingerprint density at radius 2 is 1.73 bits per heavy atom. The summed E-state index contributed by atoms with van der Waals surface area (Å²) in [6, 6.07) is 8.99. The molecule has 1 aromatic carbocycles. The van der Waals surface area contributed by atoms with Gasteiger partial charge in [0, 0.05) is 10.8 Å². The van der Waals surface area contributed by atoms with E-state index >= 15 is 0 Å². The number of nitrogens with two attached hydrogens (primary N) is 1. The SMILES string of the molecule is Nc1nc(-c2csc(NS(=O)(=O)Cc3ccccc3)n2)cs1. The Morgan fingerprint density at radius 3 is 2.41 bits per heavy atom. The van der Waals surface area contributed by atoms with Crippen LogP contribution < -0.4 is 10.5 Å². The molecule has 0 aliphatic carbocycles. The van der Waals surface area contributed by atoms with E-state index in [1.165, 1.54) is 22.7 Å². The number of rotatable bonds is 5. The summed E-state index contributed by atoms with van der Waals surface area (Å²) < 4.78 is 26.8. The lowest BCUT2D eigenvalue weighted by Gasteiger charge is -2.04. The normalized spacial score (nSPS) is 11.5. The molecule has 22 heavy (non-hydrogen) atoms. The number of sulfonamides is 1. The molecule has 0 radical (unpaired) electrons. The number of thiazole rings is 2. The zero-order valence-corrected chi connectivity index (χ0v) is 13.7. The van der Waals surface area contributed by atoms with E-state index < -0.39 is 10.0 Å². The lowest BCUT2D eigenvalue weighted by atomic mass is 10.2. The van der Waals surface area contributed by atoms with Crippen LogP contribution in [0.5, 0.6) is 0 Å². The summed E-state index contributed by atoms with van der Waals surface area (Å²) in [6.07, 6.45) is 0. The molecular weight excluding hydrogens is 340 g/mol. The molecule has 0 aliphatic rings. The highest BCUT2D eigenvalue weighted by Gasteiger charge is 2.15. The van der Waals surface area contributed by atoms with Crippen molar-refractivity contribution in [3.8, 4) is 11.4 Å². The molecule has 3 N–H and O–H groups in total. The molecule has 2 heterocycles. The Bertz CT molecular complexity index is 872. The first-order valence-corrected chi connectivity index (χ1v) is 9.64. The third-order valence-electron chi connectivity index (χ3n) is 2.73. The quantitative estimate of drug-likeness (QED) is 0.736. The van der Waals surface area contributed by atoms with E-state index in [0.29, 0.717) is 21.7 Å². The molecule has 0 spiro atoms. The minimum Gasteiger partial charge on any atom is -0.375 e. The predicted octanol–water partition coefficient (Wildman–Crippen LogP) is 2.79. The summed E-state index contributed by atoms with van der Waals surface area (Å²) in [5.74, 6) is -0.0909. The fraction of sp³-hybridized carbons (Fsp3) is 0.0769. The van der Waals surface area contributed by atoms with Crippen molar-refractivity contribution >= 4 is 43.0 Å². The van der Waals surface area contributed by atoms with Gasteiger partial charge in [0.15, 0.2) is 10.3 Å². The first-order valence-electron chi connectivity index (χ1n) is 6.23. The van der Waals surface area contributed by atoms with Crippen LogP contribution in [0, 0.1) is 0 Å². The van der Waals surface area contributed by atoms with Crippen molar-refractivity contribution in [3.05, 3.63) is 46.7 Å². The Hall–Kier alpha value is -1.97. The van der Waals surface area contributed by atoms with Crippen LogP contribution in [0.25, 0.3) is 11.4 Å². The van der Waals surface area contributed by atoms with E-state index in [4.69, 9.17) is 5.73 Å². The lowest BCUT2D eigenvalue weighted by molar-refractivity contribution is 0.600. The van der Waals surface area contributed by atoms with Gasteiger partial charge in [-0.25, -0.2) is 18.4 Å². The second-order valence-corrected chi connectivity index (χ2v) is 7.93. The van der Waals surface area contributed by atoms with Crippen LogP contribution >= 0.6 is 22.7 Å². The van der Waals surface area contributed by atoms with Crippen molar-refractivity contribution in [1.82, 2.24) is 9.97 Å². The molecule has 0 bridgehead atoms. The van der Waals surface area contributed by atoms with Gasteiger partial charge in [0.05, 0.1) is 5.75 Å². The summed E-state index contributed by atoms with van der Waals surface area (Å²) in [7, 11) is -3.50. The number of nitrogens with zero attached hydrogens (tertiary/aromatic N) is 2. The topological polar surface area (TPSA) is 98.0 Å². The third kappa shape index (κ3) is 3.62. The maximum Gasteiger partial charge on any atom is 0.238 e. The molecule has 3 rings (SSSR count). The van der Waals surface area contributed by atoms with Gasteiger partial charge in [-0.2, -0.15) is 0 Å². The largest absolute Gasteiger partial charge is 0.375 e. The number of aromatic nitrogens is 2. The van der Waals surface area contributed by atoms with Crippen molar-refractivity contribution in [2.24, 2.45) is 0 Å². The van der Waals surface area contributed by atoms with Crippen LogP contribution in [-0.4, -0.2) is 18.4 Å². The lowest BCUT2D eigenvalue weighted by Crippen LogP contribution is -2.14. The Kier molecular flexibility index (Phi) is 4.10. The van der Waals surface area contributed by atoms with Gasteiger partial charge in [-0.3, -0.25) is 4.72 Å². The fourth-order valence-electron chi connectivity index (χ4n) is 1.81. The van der Waals surface area contributed by atoms with Crippen LogP contribution in [0.4, 0.5) is 10.3 Å².